The summed E-state index contributed by atoms with van der Waals surface area (Å²) in [5.41, 5.74) is 11.1. The second-order valence-corrected chi connectivity index (χ2v) is 3.83. The second-order valence-electron chi connectivity index (χ2n) is 3.83. The van der Waals surface area contributed by atoms with Crippen LogP contribution < -0.4 is 16.8 Å². The van der Waals surface area contributed by atoms with Gasteiger partial charge in [0.1, 0.15) is 0 Å². The largest absolute Gasteiger partial charge is 0.352 e. The van der Waals surface area contributed by atoms with Gasteiger partial charge >= 0.3 is 0 Å². The molecule has 4 nitrogen and oxygen atoms in total. The molecule has 0 saturated heterocycles. The van der Waals surface area contributed by atoms with Gasteiger partial charge in [0, 0.05) is 6.04 Å². The number of nitrogens with one attached hydrogen (secondary N) is 1. The Kier molecular flexibility index (Phi) is 6.08. The fraction of sp³-hybridized carbons (Fsp3) is 0.889. The summed E-state index contributed by atoms with van der Waals surface area (Å²) >= 11 is 0. The van der Waals surface area contributed by atoms with Gasteiger partial charge in [0.2, 0.25) is 5.91 Å². The molecular weight excluding hydrogens is 202 g/mol. The Morgan fingerprint density at radius 2 is 2.21 bits per heavy atom. The smallest absolute Gasteiger partial charge is 0.236 e. The molecule has 1 aliphatic rings. The van der Waals surface area contributed by atoms with Crippen LogP contribution in [0.25, 0.3) is 0 Å². The molecule has 5 heteroatoms. The van der Waals surface area contributed by atoms with Crippen LogP contribution in [-0.4, -0.2) is 24.5 Å². The lowest BCUT2D eigenvalue weighted by molar-refractivity contribution is -0.122. The van der Waals surface area contributed by atoms with E-state index >= 15 is 0 Å². The summed E-state index contributed by atoms with van der Waals surface area (Å²) in [6.45, 7) is 2.35. The van der Waals surface area contributed by atoms with E-state index in [0.717, 1.165) is 19.3 Å². The van der Waals surface area contributed by atoms with Gasteiger partial charge in [-0.25, -0.2) is 0 Å². The maximum absolute atomic E-state index is 11.3. The number of hydrogen-bond acceptors (Lipinski definition) is 3. The molecule has 1 aliphatic carbocycles. The first-order chi connectivity index (χ1) is 6.15. The van der Waals surface area contributed by atoms with Crippen molar-refractivity contribution in [2.24, 2.45) is 17.4 Å². The topological polar surface area (TPSA) is 81.1 Å². The average molecular weight is 222 g/mol. The lowest BCUT2D eigenvalue weighted by Gasteiger charge is -2.20. The van der Waals surface area contributed by atoms with Crippen LogP contribution in [0.2, 0.25) is 0 Å². The Bertz CT molecular complexity index is 187. The molecule has 3 unspecified atom stereocenters. The van der Waals surface area contributed by atoms with E-state index in [1.807, 2.05) is 0 Å². The van der Waals surface area contributed by atoms with Crippen LogP contribution in [0.5, 0.6) is 0 Å². The molecule has 0 spiro atoms. The Labute approximate surface area is 91.2 Å². The summed E-state index contributed by atoms with van der Waals surface area (Å²) in [6.07, 6.45) is 3.33. The third-order valence-corrected chi connectivity index (χ3v) is 2.70. The number of halogens is 1. The van der Waals surface area contributed by atoms with Gasteiger partial charge in [0.25, 0.3) is 0 Å². The van der Waals surface area contributed by atoms with E-state index in [4.69, 9.17) is 11.5 Å². The SMILES string of the molecule is CC(N)C(=O)NC1CCCC1CN.Cl. The van der Waals surface area contributed by atoms with E-state index in [2.05, 4.69) is 5.32 Å². The molecule has 0 aliphatic heterocycles. The third-order valence-electron chi connectivity index (χ3n) is 2.70. The molecule has 0 aromatic carbocycles. The molecule has 1 fully saturated rings. The average Bonchev–Trinajstić information content (AvgIpc) is 2.51. The van der Waals surface area contributed by atoms with Gasteiger partial charge in [-0.3, -0.25) is 4.79 Å². The van der Waals surface area contributed by atoms with E-state index in [9.17, 15) is 4.79 Å². The molecule has 0 radical (unpaired) electrons. The maximum Gasteiger partial charge on any atom is 0.236 e. The Morgan fingerprint density at radius 3 is 2.71 bits per heavy atom. The normalized spacial score (nSPS) is 27.9. The Hall–Kier alpha value is -0.320. The summed E-state index contributed by atoms with van der Waals surface area (Å²) in [5.74, 6) is 0.382. The molecule has 3 atom stereocenters. The summed E-state index contributed by atoms with van der Waals surface area (Å²) in [5, 5.41) is 2.94. The molecule has 0 heterocycles. The van der Waals surface area contributed by atoms with Gasteiger partial charge in [-0.2, -0.15) is 0 Å². The lowest BCUT2D eigenvalue weighted by atomic mass is 10.0. The fourth-order valence-corrected chi connectivity index (χ4v) is 1.82. The molecule has 0 bridgehead atoms. The minimum Gasteiger partial charge on any atom is -0.352 e. The Balaban J connectivity index is 0.00000169. The first-order valence-corrected chi connectivity index (χ1v) is 4.91. The van der Waals surface area contributed by atoms with Crippen LogP contribution >= 0.6 is 12.4 Å². The third kappa shape index (κ3) is 3.44. The number of hydrogen-bond donors (Lipinski definition) is 3. The summed E-state index contributed by atoms with van der Waals surface area (Å²) in [7, 11) is 0. The number of carbonyl (C=O) groups is 1. The monoisotopic (exact) mass is 221 g/mol. The highest BCUT2D eigenvalue weighted by Crippen LogP contribution is 2.24. The van der Waals surface area contributed by atoms with Crippen molar-refractivity contribution >= 4 is 18.3 Å². The second kappa shape index (κ2) is 6.22. The predicted molar refractivity (Wildman–Crippen MR) is 59.2 cm³/mol. The number of carbonyl (C=O) groups excluding carboxylic acids is 1. The van der Waals surface area contributed by atoms with Crippen molar-refractivity contribution in [3.05, 3.63) is 0 Å². The first kappa shape index (κ1) is 13.7. The van der Waals surface area contributed by atoms with Gasteiger partial charge in [-0.1, -0.05) is 6.42 Å². The fourth-order valence-electron chi connectivity index (χ4n) is 1.82. The number of amides is 1. The highest BCUT2D eigenvalue weighted by atomic mass is 35.5. The molecule has 1 saturated carbocycles. The van der Waals surface area contributed by atoms with E-state index in [1.54, 1.807) is 6.92 Å². The van der Waals surface area contributed by atoms with Crippen molar-refractivity contribution in [1.82, 2.24) is 5.32 Å². The first-order valence-electron chi connectivity index (χ1n) is 4.91. The highest BCUT2D eigenvalue weighted by Gasteiger charge is 2.27. The van der Waals surface area contributed by atoms with E-state index in [0.29, 0.717) is 12.5 Å². The van der Waals surface area contributed by atoms with Crippen LogP contribution in [0.15, 0.2) is 0 Å². The maximum atomic E-state index is 11.3. The summed E-state index contributed by atoms with van der Waals surface area (Å²) in [6, 6.07) is -0.164. The minimum absolute atomic E-state index is 0. The molecule has 84 valence electrons. The molecule has 5 N–H and O–H groups in total. The standard InChI is InChI=1S/C9H19N3O.ClH/c1-6(11)9(13)12-8-4-2-3-7(8)5-10;/h6-8H,2-5,10-11H2,1H3,(H,12,13);1H. The van der Waals surface area contributed by atoms with E-state index in [-0.39, 0.29) is 24.4 Å². The van der Waals surface area contributed by atoms with Crippen LogP contribution in [0.4, 0.5) is 0 Å². The molecule has 1 rings (SSSR count). The van der Waals surface area contributed by atoms with Gasteiger partial charge < -0.3 is 16.8 Å². The van der Waals surface area contributed by atoms with Crippen molar-refractivity contribution in [3.8, 4) is 0 Å². The number of rotatable bonds is 3. The van der Waals surface area contributed by atoms with Crippen LogP contribution in [0.1, 0.15) is 26.2 Å². The van der Waals surface area contributed by atoms with Crippen molar-refractivity contribution < 1.29 is 4.79 Å². The van der Waals surface area contributed by atoms with Crippen molar-refractivity contribution in [2.75, 3.05) is 6.54 Å². The van der Waals surface area contributed by atoms with Gasteiger partial charge in [-0.15, -0.1) is 12.4 Å². The van der Waals surface area contributed by atoms with Crippen LogP contribution in [0.3, 0.4) is 0 Å². The van der Waals surface area contributed by atoms with E-state index in [1.165, 1.54) is 0 Å². The zero-order chi connectivity index (χ0) is 9.84. The van der Waals surface area contributed by atoms with Crippen LogP contribution in [0, 0.1) is 5.92 Å². The van der Waals surface area contributed by atoms with Crippen molar-refractivity contribution in [3.63, 3.8) is 0 Å². The lowest BCUT2D eigenvalue weighted by Crippen LogP contribution is -2.46. The Morgan fingerprint density at radius 1 is 1.57 bits per heavy atom. The summed E-state index contributed by atoms with van der Waals surface area (Å²) < 4.78 is 0. The summed E-state index contributed by atoms with van der Waals surface area (Å²) in [4.78, 5) is 11.3. The van der Waals surface area contributed by atoms with Gasteiger partial charge in [-0.05, 0) is 32.2 Å². The van der Waals surface area contributed by atoms with Gasteiger partial charge in [0.05, 0.1) is 6.04 Å². The zero-order valence-electron chi connectivity index (χ0n) is 8.53. The highest BCUT2D eigenvalue weighted by molar-refractivity contribution is 5.85. The molecule has 0 aromatic rings. The number of nitrogens with two attached hydrogens (primary N) is 2. The minimum atomic E-state index is -0.418. The molecule has 1 amide bonds. The van der Waals surface area contributed by atoms with Crippen molar-refractivity contribution in [1.29, 1.82) is 0 Å². The van der Waals surface area contributed by atoms with Crippen LogP contribution in [-0.2, 0) is 4.79 Å². The van der Waals surface area contributed by atoms with Crippen molar-refractivity contribution in [2.45, 2.75) is 38.3 Å². The zero-order valence-corrected chi connectivity index (χ0v) is 9.35. The molecule has 14 heavy (non-hydrogen) atoms. The van der Waals surface area contributed by atoms with E-state index < -0.39 is 6.04 Å². The predicted octanol–water partition coefficient (Wildman–Crippen LogP) is -0.001000. The quantitative estimate of drug-likeness (QED) is 0.628. The molecule has 0 aromatic heterocycles. The molecular formula is C9H20ClN3O. The van der Waals surface area contributed by atoms with Gasteiger partial charge in [0.15, 0.2) is 0 Å².